The van der Waals surface area contributed by atoms with Gasteiger partial charge in [-0.25, -0.2) is 9.59 Å². The van der Waals surface area contributed by atoms with Crippen LogP contribution in [0.1, 0.15) is 45.7 Å². The van der Waals surface area contributed by atoms with Crippen LogP contribution < -0.4 is 5.32 Å². The van der Waals surface area contributed by atoms with Crippen molar-refractivity contribution >= 4 is 25.4 Å². The molecule has 0 aliphatic carbocycles. The molecule has 0 spiro atoms. The molecule has 1 aromatic carbocycles. The molecule has 0 radical (unpaired) electrons. The number of amides is 1. The van der Waals surface area contributed by atoms with Gasteiger partial charge in [0.1, 0.15) is 0 Å². The van der Waals surface area contributed by atoms with Crippen molar-refractivity contribution < 1.29 is 37.5 Å². The molecule has 0 fully saturated rings. The topological polar surface area (TPSA) is 117 Å². The van der Waals surface area contributed by atoms with E-state index in [4.69, 9.17) is 18.5 Å². The van der Waals surface area contributed by atoms with Crippen LogP contribution in [0.2, 0.25) is 0 Å². The van der Waals surface area contributed by atoms with E-state index in [-0.39, 0.29) is 39.0 Å². The van der Waals surface area contributed by atoms with Crippen LogP contribution in [0.25, 0.3) is 0 Å². The van der Waals surface area contributed by atoms with E-state index < -0.39 is 31.0 Å². The normalized spacial score (nSPS) is 11.7. The fourth-order valence-corrected chi connectivity index (χ4v) is 4.89. The second-order valence-electron chi connectivity index (χ2n) is 6.89. The van der Waals surface area contributed by atoms with E-state index >= 15 is 0 Å². The minimum Gasteiger partial charge on any atom is -0.464 e. The maximum absolute atomic E-state index is 12.9. The van der Waals surface area contributed by atoms with Crippen LogP contribution in [0.3, 0.4) is 0 Å². The van der Waals surface area contributed by atoms with E-state index in [2.05, 4.69) is 5.32 Å². The van der Waals surface area contributed by atoms with E-state index in [0.717, 1.165) is 5.56 Å². The molecule has 0 saturated carbocycles. The van der Waals surface area contributed by atoms with Gasteiger partial charge in [0.15, 0.2) is 0 Å². The highest BCUT2D eigenvalue weighted by Gasteiger charge is 2.50. The average molecular weight is 471 g/mol. The Morgan fingerprint density at radius 3 is 1.81 bits per heavy atom. The molecule has 1 rings (SSSR count). The minimum atomic E-state index is -3.29. The lowest BCUT2D eigenvalue weighted by atomic mass is 9.87. The summed E-state index contributed by atoms with van der Waals surface area (Å²) < 4.78 is 33.8. The summed E-state index contributed by atoms with van der Waals surface area (Å²) in [5.74, 6) is -2.39. The summed E-state index contributed by atoms with van der Waals surface area (Å²) in [5.41, 5.74) is -0.713. The number of aryl methyl sites for hydroxylation is 1. The Bertz CT molecular complexity index is 798. The highest BCUT2D eigenvalue weighted by Crippen LogP contribution is 2.48. The number of benzene rings is 1. The van der Waals surface area contributed by atoms with Gasteiger partial charge in [-0.15, -0.1) is 0 Å². The van der Waals surface area contributed by atoms with Crippen LogP contribution in [0, 0.1) is 0 Å². The van der Waals surface area contributed by atoms with Gasteiger partial charge in [-0.05, 0) is 45.2 Å². The molecule has 0 aliphatic rings. The Hall–Kier alpha value is -2.22. The molecule has 1 N–H and O–H groups in total. The van der Waals surface area contributed by atoms with Gasteiger partial charge in [0.05, 0.1) is 32.6 Å². The lowest BCUT2D eigenvalue weighted by Gasteiger charge is -2.30. The lowest BCUT2D eigenvalue weighted by molar-refractivity contribution is -0.168. The second kappa shape index (κ2) is 13.4. The van der Waals surface area contributed by atoms with Gasteiger partial charge in [0, 0.05) is 13.3 Å². The van der Waals surface area contributed by atoms with Gasteiger partial charge in [0.25, 0.3) is 0 Å². The van der Waals surface area contributed by atoms with Crippen LogP contribution in [-0.4, -0.2) is 56.0 Å². The van der Waals surface area contributed by atoms with Crippen molar-refractivity contribution in [2.24, 2.45) is 0 Å². The number of hydrogen-bond donors (Lipinski definition) is 1. The molecule has 0 aliphatic heterocycles. The van der Waals surface area contributed by atoms with Crippen molar-refractivity contribution in [3.05, 3.63) is 35.4 Å². The molecule has 10 heteroatoms. The van der Waals surface area contributed by atoms with Crippen molar-refractivity contribution in [2.75, 3.05) is 32.6 Å². The summed E-state index contributed by atoms with van der Waals surface area (Å²) in [4.78, 5) is 37.8. The molecule has 0 saturated heterocycles. The zero-order valence-electron chi connectivity index (χ0n) is 19.5. The molecule has 0 unspecified atom stereocenters. The SMILES string of the molecule is CCOC(=O)C(Cc1ccccc1CCP(=O)(OCC)OCC)(NC(C)=O)C(=O)OCC. The van der Waals surface area contributed by atoms with Crippen molar-refractivity contribution in [1.82, 2.24) is 5.32 Å². The number of hydrogen-bond acceptors (Lipinski definition) is 8. The molecule has 1 amide bonds. The Morgan fingerprint density at radius 1 is 0.875 bits per heavy atom. The molecule has 9 nitrogen and oxygen atoms in total. The number of esters is 2. The molecule has 0 atom stereocenters. The smallest absolute Gasteiger partial charge is 0.344 e. The molecule has 0 bridgehead atoms. The Kier molecular flexibility index (Phi) is 11.6. The van der Waals surface area contributed by atoms with E-state index in [1.807, 2.05) is 0 Å². The summed E-state index contributed by atoms with van der Waals surface area (Å²) >= 11 is 0. The zero-order chi connectivity index (χ0) is 24.2. The summed E-state index contributed by atoms with van der Waals surface area (Å²) in [6.45, 7) is 8.43. The fraction of sp³-hybridized carbons (Fsp3) is 0.591. The number of carbonyl (C=O) groups is 3. The quantitative estimate of drug-likeness (QED) is 0.250. The van der Waals surface area contributed by atoms with Gasteiger partial charge in [-0.3, -0.25) is 9.36 Å². The maximum Gasteiger partial charge on any atom is 0.344 e. The lowest BCUT2D eigenvalue weighted by Crippen LogP contribution is -2.62. The first-order valence-corrected chi connectivity index (χ1v) is 12.5. The minimum absolute atomic E-state index is 0.0209. The van der Waals surface area contributed by atoms with Crippen LogP contribution in [-0.2, 0) is 50.3 Å². The number of rotatable bonds is 14. The molecule has 1 aromatic rings. The van der Waals surface area contributed by atoms with Gasteiger partial charge < -0.3 is 23.8 Å². The monoisotopic (exact) mass is 471 g/mol. The summed E-state index contributed by atoms with van der Waals surface area (Å²) in [5, 5.41) is 2.46. The maximum atomic E-state index is 12.9. The molecule has 0 heterocycles. The standard InChI is InChI=1S/C22H34NO8P/c1-6-28-20(25)22(23-17(5)24,21(26)29-7-2)16-19-13-11-10-12-18(19)14-15-32(27,30-8-3)31-9-4/h10-13H,6-9,14-16H2,1-5H3,(H,23,24). The number of nitrogens with one attached hydrogen (secondary N) is 1. The average Bonchev–Trinajstić information content (AvgIpc) is 2.73. The number of carbonyl (C=O) groups excluding carboxylic acids is 3. The van der Waals surface area contributed by atoms with Crippen LogP contribution in [0.15, 0.2) is 24.3 Å². The third-order valence-corrected chi connectivity index (χ3v) is 6.59. The van der Waals surface area contributed by atoms with E-state index in [0.29, 0.717) is 12.0 Å². The summed E-state index contributed by atoms with van der Waals surface area (Å²) in [7, 11) is -3.29. The van der Waals surface area contributed by atoms with Crippen molar-refractivity contribution in [1.29, 1.82) is 0 Å². The molecule has 180 valence electrons. The fourth-order valence-electron chi connectivity index (χ4n) is 3.26. The Balaban J connectivity index is 3.36. The van der Waals surface area contributed by atoms with Crippen LogP contribution in [0.5, 0.6) is 0 Å². The number of ether oxygens (including phenoxy) is 2. The van der Waals surface area contributed by atoms with Gasteiger partial charge in [-0.1, -0.05) is 24.3 Å². The van der Waals surface area contributed by atoms with Crippen molar-refractivity contribution in [2.45, 2.75) is 53.0 Å². The van der Waals surface area contributed by atoms with Gasteiger partial charge in [0.2, 0.25) is 11.4 Å². The predicted octanol–water partition coefficient (Wildman–Crippen LogP) is 3.04. The van der Waals surface area contributed by atoms with E-state index in [1.54, 1.807) is 52.0 Å². The molecule has 32 heavy (non-hydrogen) atoms. The third-order valence-electron chi connectivity index (χ3n) is 4.52. The Labute approximate surface area is 189 Å². The first-order valence-electron chi connectivity index (χ1n) is 10.8. The van der Waals surface area contributed by atoms with Crippen LogP contribution >= 0.6 is 7.60 Å². The van der Waals surface area contributed by atoms with Crippen LogP contribution in [0.4, 0.5) is 0 Å². The molecular weight excluding hydrogens is 437 g/mol. The molecule has 0 aromatic heterocycles. The highest BCUT2D eigenvalue weighted by molar-refractivity contribution is 7.53. The van der Waals surface area contributed by atoms with Crippen molar-refractivity contribution in [3.8, 4) is 0 Å². The summed E-state index contributed by atoms with van der Waals surface area (Å²) in [6.07, 6.45) is 0.251. The van der Waals surface area contributed by atoms with E-state index in [9.17, 15) is 18.9 Å². The van der Waals surface area contributed by atoms with Crippen molar-refractivity contribution in [3.63, 3.8) is 0 Å². The second-order valence-corrected chi connectivity index (χ2v) is 9.08. The largest absolute Gasteiger partial charge is 0.464 e. The predicted molar refractivity (Wildman–Crippen MR) is 119 cm³/mol. The summed E-state index contributed by atoms with van der Waals surface area (Å²) in [6, 6.07) is 7.07. The molecular formula is C22H34NO8P. The zero-order valence-corrected chi connectivity index (χ0v) is 20.4. The first kappa shape index (κ1) is 27.8. The van der Waals surface area contributed by atoms with Gasteiger partial charge >= 0.3 is 19.5 Å². The first-order chi connectivity index (χ1) is 15.2. The van der Waals surface area contributed by atoms with Gasteiger partial charge in [-0.2, -0.15) is 0 Å². The highest BCUT2D eigenvalue weighted by atomic mass is 31.2. The third kappa shape index (κ3) is 7.73. The Morgan fingerprint density at radius 2 is 1.38 bits per heavy atom. The van der Waals surface area contributed by atoms with E-state index in [1.165, 1.54) is 6.92 Å².